The lowest BCUT2D eigenvalue weighted by atomic mass is 10.1. The van der Waals surface area contributed by atoms with Crippen molar-refractivity contribution >= 4 is 34.2 Å². The van der Waals surface area contributed by atoms with Crippen molar-refractivity contribution in [1.29, 1.82) is 0 Å². The molecule has 36 heavy (non-hydrogen) atoms. The molecule has 2 amide bonds. The quantitative estimate of drug-likeness (QED) is 0.502. The number of carbonyl (C=O) groups excluding carboxylic acids is 2. The number of anilines is 2. The van der Waals surface area contributed by atoms with Crippen LogP contribution >= 0.6 is 0 Å². The summed E-state index contributed by atoms with van der Waals surface area (Å²) < 4.78 is 33.0. The van der Waals surface area contributed by atoms with Crippen molar-refractivity contribution in [2.45, 2.75) is 38.0 Å². The number of carbonyl (C=O) groups is 2. The zero-order chi connectivity index (χ0) is 25.0. The Morgan fingerprint density at radius 2 is 2.08 bits per heavy atom. The lowest BCUT2D eigenvalue weighted by Gasteiger charge is -2.36. The lowest BCUT2D eigenvalue weighted by molar-refractivity contribution is -0.0493. The van der Waals surface area contributed by atoms with E-state index in [2.05, 4.69) is 25.8 Å². The predicted molar refractivity (Wildman–Crippen MR) is 130 cm³/mol. The number of fused-ring (bicyclic) bond motifs is 3. The van der Waals surface area contributed by atoms with Crippen molar-refractivity contribution in [1.82, 2.24) is 20.2 Å². The smallest absolute Gasteiger partial charge is 0.387 e. The molecule has 2 aliphatic heterocycles. The summed E-state index contributed by atoms with van der Waals surface area (Å²) in [5.41, 5.74) is 2.13. The van der Waals surface area contributed by atoms with Gasteiger partial charge >= 0.3 is 6.61 Å². The van der Waals surface area contributed by atoms with Crippen molar-refractivity contribution in [2.75, 3.05) is 36.4 Å². The van der Waals surface area contributed by atoms with E-state index in [4.69, 9.17) is 4.74 Å². The van der Waals surface area contributed by atoms with Crippen LogP contribution in [0.4, 0.5) is 20.2 Å². The number of hydrogen-bond donors (Lipinski definition) is 3. The van der Waals surface area contributed by atoms with Gasteiger partial charge in [-0.15, -0.1) is 0 Å². The Labute approximate surface area is 205 Å². The molecule has 1 aliphatic carbocycles. The van der Waals surface area contributed by atoms with Crippen molar-refractivity contribution in [3.05, 3.63) is 47.8 Å². The minimum Gasteiger partial charge on any atom is -0.433 e. The molecule has 3 aromatic rings. The molecule has 1 saturated carbocycles. The second kappa shape index (κ2) is 8.44. The molecule has 1 saturated heterocycles. The van der Waals surface area contributed by atoms with Gasteiger partial charge in [0.15, 0.2) is 5.75 Å². The van der Waals surface area contributed by atoms with Gasteiger partial charge in [-0.25, -0.2) is 4.98 Å². The Bertz CT molecular complexity index is 1370. The minimum atomic E-state index is -3.04. The van der Waals surface area contributed by atoms with E-state index in [1.54, 1.807) is 36.4 Å². The van der Waals surface area contributed by atoms with Crippen molar-refractivity contribution in [2.24, 2.45) is 0 Å². The Kier molecular flexibility index (Phi) is 5.32. The number of nitrogens with one attached hydrogen (secondary N) is 3. The van der Waals surface area contributed by atoms with Crippen molar-refractivity contribution in [3.63, 3.8) is 0 Å². The number of hydrogen-bond acceptors (Lipinski definition) is 6. The predicted octanol–water partition coefficient (Wildman–Crippen LogP) is 3.14. The standard InChI is InChI=1S/C25H26F2N6O3/c1-14-12-28-23(35)19-10-15-2-4-18(30-21(15)33(14)19)22(34)31-17-5-3-16(11-20(17)36-24(26)27)32-9-8-29-25(13-32)6-7-25/h2-5,10-11,14,24,29H,6-9,12-13H2,1H3,(H,28,35)(H,31,34)/t14-/m1/s1. The van der Waals surface area contributed by atoms with Crippen LogP contribution in [0, 0.1) is 0 Å². The zero-order valence-corrected chi connectivity index (χ0v) is 19.7. The first-order valence-electron chi connectivity index (χ1n) is 12.0. The molecule has 2 fully saturated rings. The highest BCUT2D eigenvalue weighted by Gasteiger charge is 2.45. The summed E-state index contributed by atoms with van der Waals surface area (Å²) in [5, 5.41) is 9.76. The fourth-order valence-electron chi connectivity index (χ4n) is 5.12. The van der Waals surface area contributed by atoms with Crippen LogP contribution in [-0.2, 0) is 0 Å². The van der Waals surface area contributed by atoms with Gasteiger partial charge in [0.2, 0.25) is 0 Å². The fraction of sp³-hybridized carbons (Fsp3) is 0.400. The molecule has 11 heteroatoms. The van der Waals surface area contributed by atoms with E-state index in [9.17, 15) is 18.4 Å². The van der Waals surface area contributed by atoms with Gasteiger partial charge in [-0.3, -0.25) is 9.59 Å². The average molecular weight is 497 g/mol. The molecular weight excluding hydrogens is 470 g/mol. The number of amides is 2. The van der Waals surface area contributed by atoms with E-state index in [0.717, 1.165) is 43.5 Å². The Morgan fingerprint density at radius 3 is 2.86 bits per heavy atom. The fourth-order valence-corrected chi connectivity index (χ4v) is 5.12. The third-order valence-electron chi connectivity index (χ3n) is 7.17. The molecule has 6 rings (SSSR count). The van der Waals surface area contributed by atoms with Crippen molar-refractivity contribution in [3.8, 4) is 5.75 Å². The number of ether oxygens (including phenoxy) is 1. The second-order valence-corrected chi connectivity index (χ2v) is 9.71. The molecule has 4 heterocycles. The summed E-state index contributed by atoms with van der Waals surface area (Å²) in [4.78, 5) is 32.0. The van der Waals surface area contributed by atoms with Crippen LogP contribution in [0.25, 0.3) is 11.0 Å². The molecule has 1 aromatic carbocycles. The van der Waals surface area contributed by atoms with Crippen LogP contribution in [-0.4, -0.2) is 59.7 Å². The number of aromatic nitrogens is 2. The summed E-state index contributed by atoms with van der Waals surface area (Å²) in [6, 6.07) is 9.91. The number of nitrogens with zero attached hydrogens (tertiary/aromatic N) is 3. The van der Waals surface area contributed by atoms with Crippen molar-refractivity contribution < 1.29 is 23.1 Å². The van der Waals surface area contributed by atoms with Crippen LogP contribution in [0.2, 0.25) is 0 Å². The molecule has 2 aromatic heterocycles. The second-order valence-electron chi connectivity index (χ2n) is 9.71. The van der Waals surface area contributed by atoms with Crippen LogP contribution in [0.5, 0.6) is 5.75 Å². The van der Waals surface area contributed by atoms with Gasteiger partial charge in [0.1, 0.15) is 17.0 Å². The molecule has 9 nitrogen and oxygen atoms in total. The topological polar surface area (TPSA) is 101 Å². The first kappa shape index (κ1) is 22.7. The first-order valence-corrected chi connectivity index (χ1v) is 12.0. The monoisotopic (exact) mass is 496 g/mol. The van der Waals surface area contributed by atoms with Crippen LogP contribution in [0.1, 0.15) is 46.8 Å². The van der Waals surface area contributed by atoms with E-state index in [-0.39, 0.29) is 34.6 Å². The van der Waals surface area contributed by atoms with E-state index in [1.807, 2.05) is 11.5 Å². The summed E-state index contributed by atoms with van der Waals surface area (Å²) in [6.45, 7) is 1.75. The van der Waals surface area contributed by atoms with E-state index < -0.39 is 12.5 Å². The molecule has 3 N–H and O–H groups in total. The van der Waals surface area contributed by atoms with E-state index in [0.29, 0.717) is 17.9 Å². The molecule has 0 bridgehead atoms. The normalized spacial score (nSPS) is 20.4. The number of rotatable bonds is 5. The van der Waals surface area contributed by atoms with Gasteiger partial charge < -0.3 is 30.2 Å². The van der Waals surface area contributed by atoms with Gasteiger partial charge in [-0.1, -0.05) is 0 Å². The van der Waals surface area contributed by atoms with Crippen LogP contribution in [0.15, 0.2) is 36.4 Å². The van der Waals surface area contributed by atoms with Crippen LogP contribution < -0.4 is 25.6 Å². The molecule has 3 aliphatic rings. The highest BCUT2D eigenvalue weighted by molar-refractivity contribution is 6.05. The number of benzene rings is 1. The molecular formula is C25H26F2N6O3. The van der Waals surface area contributed by atoms with Gasteiger partial charge in [0.05, 0.1) is 11.7 Å². The largest absolute Gasteiger partial charge is 0.433 e. The number of alkyl halides is 2. The summed E-state index contributed by atoms with van der Waals surface area (Å²) in [7, 11) is 0. The molecule has 188 valence electrons. The third kappa shape index (κ3) is 4.02. The van der Waals surface area contributed by atoms with Gasteiger partial charge in [-0.2, -0.15) is 8.78 Å². The third-order valence-corrected chi connectivity index (χ3v) is 7.17. The molecule has 0 radical (unpaired) electrons. The number of pyridine rings is 1. The molecule has 1 atom stereocenters. The number of piperazine rings is 1. The molecule has 1 spiro atoms. The highest BCUT2D eigenvalue weighted by Crippen LogP contribution is 2.40. The minimum absolute atomic E-state index is 0.0284. The maximum Gasteiger partial charge on any atom is 0.387 e. The Hall–Kier alpha value is -3.73. The maximum atomic E-state index is 13.2. The lowest BCUT2D eigenvalue weighted by Crippen LogP contribution is -2.52. The summed E-state index contributed by atoms with van der Waals surface area (Å²) in [5.74, 6) is -0.861. The maximum absolute atomic E-state index is 13.2. The average Bonchev–Trinajstić information content (AvgIpc) is 3.47. The zero-order valence-electron chi connectivity index (χ0n) is 19.7. The van der Waals surface area contributed by atoms with Gasteiger partial charge in [0, 0.05) is 48.9 Å². The van der Waals surface area contributed by atoms with Gasteiger partial charge in [-0.05, 0) is 50.1 Å². The Morgan fingerprint density at radius 1 is 1.25 bits per heavy atom. The first-order chi connectivity index (χ1) is 17.3. The van der Waals surface area contributed by atoms with Crippen LogP contribution in [0.3, 0.4) is 0 Å². The Balaban J connectivity index is 1.28. The highest BCUT2D eigenvalue weighted by atomic mass is 19.3. The summed E-state index contributed by atoms with van der Waals surface area (Å²) >= 11 is 0. The number of halogens is 2. The summed E-state index contributed by atoms with van der Waals surface area (Å²) in [6.07, 6.45) is 2.20. The van der Waals surface area contributed by atoms with Gasteiger partial charge in [0.25, 0.3) is 11.8 Å². The molecule has 0 unspecified atom stereocenters. The van der Waals surface area contributed by atoms with E-state index in [1.165, 1.54) is 0 Å². The SMILES string of the molecule is C[C@@H]1CNC(=O)c2cc3ccc(C(=O)Nc4ccc(N5CCNC6(CC6)C5)cc4OC(F)F)nc3n21. The van der Waals surface area contributed by atoms with E-state index >= 15 is 0 Å².